The average Bonchev–Trinajstić information content (AvgIpc) is 3.42. The van der Waals surface area contributed by atoms with Crippen molar-refractivity contribution in [2.75, 3.05) is 4.90 Å². The Morgan fingerprint density at radius 2 is 1.97 bits per heavy atom. The van der Waals surface area contributed by atoms with Gasteiger partial charge in [-0.2, -0.15) is 0 Å². The van der Waals surface area contributed by atoms with Crippen molar-refractivity contribution in [1.29, 1.82) is 0 Å². The second-order valence-electron chi connectivity index (χ2n) is 6.87. The van der Waals surface area contributed by atoms with Crippen LogP contribution < -0.4 is 10.2 Å². The summed E-state index contributed by atoms with van der Waals surface area (Å²) in [4.78, 5) is 30.4. The minimum Gasteiger partial charge on any atom is -0.277 e. The van der Waals surface area contributed by atoms with Crippen molar-refractivity contribution in [2.45, 2.75) is 12.5 Å². The molecule has 3 amide bonds. The first-order valence-electron chi connectivity index (χ1n) is 8.96. The lowest BCUT2D eigenvalue weighted by Crippen LogP contribution is -2.30. The van der Waals surface area contributed by atoms with Gasteiger partial charge in [0.05, 0.1) is 10.0 Å². The Bertz CT molecular complexity index is 1260. The number of rotatable bonds is 3. The highest BCUT2D eigenvalue weighted by Gasteiger charge is 2.42. The third-order valence-corrected chi connectivity index (χ3v) is 6.22. The number of anilines is 1. The molecule has 0 aliphatic carbocycles. The van der Waals surface area contributed by atoms with Crippen LogP contribution in [0.1, 0.15) is 17.2 Å². The molecule has 30 heavy (non-hydrogen) atoms. The number of aliphatic imine (C=N–C) groups is 1. The van der Waals surface area contributed by atoms with Gasteiger partial charge in [0, 0.05) is 34.8 Å². The second-order valence-corrected chi connectivity index (χ2v) is 8.41. The van der Waals surface area contributed by atoms with E-state index in [0.29, 0.717) is 27.7 Å². The van der Waals surface area contributed by atoms with E-state index in [1.807, 2.05) is 0 Å². The van der Waals surface area contributed by atoms with Gasteiger partial charge in [-0.25, -0.2) is 13.6 Å². The first kappa shape index (κ1) is 18.9. The van der Waals surface area contributed by atoms with Crippen molar-refractivity contribution in [3.8, 4) is 11.1 Å². The highest BCUT2D eigenvalue weighted by molar-refractivity contribution is 7.14. The summed E-state index contributed by atoms with van der Waals surface area (Å²) in [5.41, 5.74) is 2.27. The summed E-state index contributed by atoms with van der Waals surface area (Å²) in [7, 11) is 0. The van der Waals surface area contributed by atoms with Gasteiger partial charge in [-0.05, 0) is 29.3 Å². The molecule has 0 bridgehead atoms. The standard InChI is InChI=1S/C21H12ClF2N3O2S/c22-16-7-11(9-30-16)13-3-4-14(18(24)17(13)23)19-20(28)26-21(29)27(19)12-2-1-10-5-6-25-15(10)8-12/h1-4,6-9,19H,5H2,(H,26,28,29). The number of hydrogen-bond donors (Lipinski definition) is 1. The lowest BCUT2D eigenvalue weighted by atomic mass is 9.99. The number of halogens is 3. The Kier molecular flexibility index (Phi) is 4.41. The highest BCUT2D eigenvalue weighted by atomic mass is 35.5. The molecule has 3 aromatic rings. The van der Waals surface area contributed by atoms with Gasteiger partial charge < -0.3 is 0 Å². The topological polar surface area (TPSA) is 61.8 Å². The van der Waals surface area contributed by atoms with Gasteiger partial charge in [0.25, 0.3) is 5.91 Å². The summed E-state index contributed by atoms with van der Waals surface area (Å²) < 4.78 is 30.4. The number of thiophene rings is 1. The molecule has 5 rings (SSSR count). The SMILES string of the molecule is O=C1NC(=O)N(c2ccc3c(c2)N=CC3)C1c1ccc(-c2csc(Cl)c2)c(F)c1F. The van der Waals surface area contributed by atoms with Gasteiger partial charge in [-0.1, -0.05) is 29.8 Å². The van der Waals surface area contributed by atoms with Crippen LogP contribution in [0.4, 0.5) is 25.0 Å². The van der Waals surface area contributed by atoms with E-state index in [9.17, 15) is 14.0 Å². The monoisotopic (exact) mass is 443 g/mol. The van der Waals surface area contributed by atoms with Crippen LogP contribution in [0.2, 0.25) is 4.34 Å². The van der Waals surface area contributed by atoms with Gasteiger partial charge >= 0.3 is 6.03 Å². The minimum absolute atomic E-state index is 0.0301. The molecule has 1 atom stereocenters. The van der Waals surface area contributed by atoms with Gasteiger partial charge in [0.15, 0.2) is 11.6 Å². The first-order valence-corrected chi connectivity index (χ1v) is 10.2. The molecule has 1 N–H and O–H groups in total. The van der Waals surface area contributed by atoms with Gasteiger partial charge in [0.2, 0.25) is 0 Å². The van der Waals surface area contributed by atoms with Gasteiger partial charge in [0.1, 0.15) is 6.04 Å². The molecule has 0 radical (unpaired) electrons. The maximum Gasteiger partial charge on any atom is 0.329 e. The van der Waals surface area contributed by atoms with E-state index >= 15 is 4.39 Å². The highest BCUT2D eigenvalue weighted by Crippen LogP contribution is 2.39. The Hall–Kier alpha value is -3.10. The van der Waals surface area contributed by atoms with Crippen molar-refractivity contribution >= 4 is 52.5 Å². The van der Waals surface area contributed by atoms with Crippen LogP contribution in [-0.2, 0) is 11.2 Å². The molecule has 1 fully saturated rings. The van der Waals surface area contributed by atoms with E-state index in [4.69, 9.17) is 11.6 Å². The lowest BCUT2D eigenvalue weighted by molar-refractivity contribution is -0.120. The van der Waals surface area contributed by atoms with E-state index in [1.54, 1.807) is 29.8 Å². The number of carbonyl (C=O) groups excluding carboxylic acids is 2. The predicted molar refractivity (Wildman–Crippen MR) is 112 cm³/mol. The van der Waals surface area contributed by atoms with E-state index in [2.05, 4.69) is 10.3 Å². The van der Waals surface area contributed by atoms with Crippen molar-refractivity contribution in [3.05, 3.63) is 68.9 Å². The van der Waals surface area contributed by atoms with Gasteiger partial charge in [-0.15, -0.1) is 11.3 Å². The number of benzene rings is 2. The second kappa shape index (κ2) is 7.00. The fourth-order valence-electron chi connectivity index (χ4n) is 3.70. The summed E-state index contributed by atoms with van der Waals surface area (Å²) in [5.74, 6) is -3.02. The Morgan fingerprint density at radius 1 is 1.13 bits per heavy atom. The Morgan fingerprint density at radius 3 is 2.73 bits per heavy atom. The predicted octanol–water partition coefficient (Wildman–Crippen LogP) is 5.40. The van der Waals surface area contributed by atoms with E-state index in [0.717, 1.165) is 10.5 Å². The average molecular weight is 444 g/mol. The number of amides is 3. The van der Waals surface area contributed by atoms with Crippen LogP contribution in [0, 0.1) is 11.6 Å². The maximum atomic E-state index is 15.1. The summed E-state index contributed by atoms with van der Waals surface area (Å²) in [6, 6.07) is 7.30. The molecule has 1 saturated heterocycles. The number of urea groups is 1. The molecule has 1 aromatic heterocycles. The number of nitrogens with zero attached hydrogens (tertiary/aromatic N) is 2. The molecule has 3 heterocycles. The summed E-state index contributed by atoms with van der Waals surface area (Å²) >= 11 is 7.09. The maximum absolute atomic E-state index is 15.1. The number of hydrogen-bond acceptors (Lipinski definition) is 4. The fourth-order valence-corrected chi connectivity index (χ4v) is 4.58. The third-order valence-electron chi connectivity index (χ3n) is 5.13. The fraction of sp³-hybridized carbons (Fsp3) is 0.0952. The first-order chi connectivity index (χ1) is 14.4. The Labute approximate surface area is 178 Å². The molecular weight excluding hydrogens is 432 g/mol. The molecule has 2 aliphatic rings. The van der Waals surface area contributed by atoms with Crippen LogP contribution >= 0.6 is 22.9 Å². The molecule has 5 nitrogen and oxygen atoms in total. The molecule has 9 heteroatoms. The van der Waals surface area contributed by atoms with Crippen LogP contribution in [0.25, 0.3) is 11.1 Å². The minimum atomic E-state index is -1.34. The zero-order valence-electron chi connectivity index (χ0n) is 15.2. The number of imide groups is 1. The smallest absolute Gasteiger partial charge is 0.277 e. The largest absolute Gasteiger partial charge is 0.329 e. The third kappa shape index (κ3) is 2.91. The van der Waals surface area contributed by atoms with Crippen LogP contribution in [0.5, 0.6) is 0 Å². The van der Waals surface area contributed by atoms with Crippen molar-refractivity contribution < 1.29 is 18.4 Å². The van der Waals surface area contributed by atoms with E-state index in [-0.39, 0.29) is 11.1 Å². The number of nitrogens with one attached hydrogen (secondary N) is 1. The molecule has 150 valence electrons. The summed E-state index contributed by atoms with van der Waals surface area (Å²) in [6.07, 6.45) is 2.42. The molecule has 1 unspecified atom stereocenters. The van der Waals surface area contributed by atoms with Crippen molar-refractivity contribution in [1.82, 2.24) is 5.32 Å². The summed E-state index contributed by atoms with van der Waals surface area (Å²) in [6.45, 7) is 0. The Balaban J connectivity index is 1.59. The van der Waals surface area contributed by atoms with E-state index < -0.39 is 29.6 Å². The molecule has 0 saturated carbocycles. The van der Waals surface area contributed by atoms with Crippen LogP contribution in [0.15, 0.2) is 46.8 Å². The van der Waals surface area contributed by atoms with Crippen LogP contribution in [-0.4, -0.2) is 18.2 Å². The molecule has 2 aliphatic heterocycles. The zero-order valence-corrected chi connectivity index (χ0v) is 16.7. The lowest BCUT2D eigenvalue weighted by Gasteiger charge is -2.23. The summed E-state index contributed by atoms with van der Waals surface area (Å²) in [5, 5.41) is 3.80. The molecule has 2 aromatic carbocycles. The van der Waals surface area contributed by atoms with Crippen LogP contribution in [0.3, 0.4) is 0 Å². The van der Waals surface area contributed by atoms with Crippen molar-refractivity contribution in [2.24, 2.45) is 4.99 Å². The van der Waals surface area contributed by atoms with Gasteiger partial charge in [-0.3, -0.25) is 20.0 Å². The molecule has 0 spiro atoms. The van der Waals surface area contributed by atoms with E-state index in [1.165, 1.54) is 29.5 Å². The quantitative estimate of drug-likeness (QED) is 0.551. The zero-order chi connectivity index (χ0) is 21.0. The normalized spacial score (nSPS) is 17.6. The van der Waals surface area contributed by atoms with Crippen molar-refractivity contribution in [3.63, 3.8) is 0 Å². The number of fused-ring (bicyclic) bond motifs is 1. The number of carbonyl (C=O) groups is 2. The molecular formula is C21H12ClF2N3O2S.